The SMILES string of the molecule is CC[C@H](C)/C=C(C)/C=C/C1=CC2=C(Cl)C(=O)[C@](C)(O)C(=O)C2=CN1c1ccc(Oc2ccc(F)cc2)cc1. The van der Waals surface area contributed by atoms with Gasteiger partial charge in [0.05, 0.1) is 5.03 Å². The van der Waals surface area contributed by atoms with Crippen molar-refractivity contribution in [3.8, 4) is 11.5 Å². The smallest absolute Gasteiger partial charge is 0.214 e. The van der Waals surface area contributed by atoms with Crippen LogP contribution in [0.25, 0.3) is 0 Å². The minimum Gasteiger partial charge on any atom is -0.457 e. The Bertz CT molecular complexity index is 1410. The second kappa shape index (κ2) is 10.9. The number of Topliss-reactive ketones (excluding diaryl/α,β-unsaturated/α-hetero) is 2. The van der Waals surface area contributed by atoms with Crippen LogP contribution in [-0.2, 0) is 9.59 Å². The Hall–Kier alpha value is -3.74. The first-order valence-electron chi connectivity index (χ1n) is 12.4. The second-order valence-corrected chi connectivity index (χ2v) is 10.00. The second-order valence-electron chi connectivity index (χ2n) is 9.62. The van der Waals surface area contributed by atoms with Gasteiger partial charge in [-0.1, -0.05) is 49.6 Å². The van der Waals surface area contributed by atoms with Crippen molar-refractivity contribution in [2.45, 2.75) is 39.7 Å². The molecular formula is C31H29ClFNO4. The number of aliphatic hydroxyl groups is 1. The van der Waals surface area contributed by atoms with E-state index in [0.29, 0.717) is 28.8 Å². The van der Waals surface area contributed by atoms with Crippen molar-refractivity contribution in [3.05, 3.63) is 112 Å². The fraction of sp³-hybridized carbons (Fsp3) is 0.226. The number of hydrogen-bond donors (Lipinski definition) is 1. The van der Waals surface area contributed by atoms with Crippen molar-refractivity contribution in [1.82, 2.24) is 0 Å². The maximum Gasteiger partial charge on any atom is 0.214 e. The van der Waals surface area contributed by atoms with E-state index in [-0.39, 0.29) is 22.0 Å². The van der Waals surface area contributed by atoms with Gasteiger partial charge in [0.15, 0.2) is 5.60 Å². The number of carbonyl (C=O) groups excluding carboxylic acids is 2. The molecule has 2 aromatic rings. The Labute approximate surface area is 226 Å². The lowest BCUT2D eigenvalue weighted by atomic mass is 9.79. The largest absolute Gasteiger partial charge is 0.457 e. The summed E-state index contributed by atoms with van der Waals surface area (Å²) in [6.07, 6.45) is 10.3. The Kier molecular flexibility index (Phi) is 7.86. The van der Waals surface area contributed by atoms with Crippen molar-refractivity contribution in [1.29, 1.82) is 0 Å². The van der Waals surface area contributed by atoms with Crippen molar-refractivity contribution in [3.63, 3.8) is 0 Å². The van der Waals surface area contributed by atoms with Crippen LogP contribution >= 0.6 is 11.6 Å². The zero-order valence-electron chi connectivity index (χ0n) is 21.7. The highest BCUT2D eigenvalue weighted by atomic mass is 35.5. The van der Waals surface area contributed by atoms with Crippen LogP contribution in [0, 0.1) is 11.7 Å². The highest BCUT2D eigenvalue weighted by molar-refractivity contribution is 6.49. The lowest BCUT2D eigenvalue weighted by molar-refractivity contribution is -0.144. The Balaban J connectivity index is 1.73. The van der Waals surface area contributed by atoms with Crippen molar-refractivity contribution < 1.29 is 23.8 Å². The summed E-state index contributed by atoms with van der Waals surface area (Å²) in [5.41, 5.74) is 0.647. The maximum atomic E-state index is 13.2. The molecule has 0 unspecified atom stereocenters. The summed E-state index contributed by atoms with van der Waals surface area (Å²) >= 11 is 6.35. The molecule has 0 aromatic heterocycles. The first-order chi connectivity index (χ1) is 18.0. The van der Waals surface area contributed by atoms with E-state index in [1.807, 2.05) is 31.2 Å². The fourth-order valence-corrected chi connectivity index (χ4v) is 4.48. The molecule has 1 aliphatic carbocycles. The van der Waals surface area contributed by atoms with Crippen LogP contribution in [0.15, 0.2) is 106 Å². The predicted molar refractivity (Wildman–Crippen MR) is 147 cm³/mol. The molecule has 1 heterocycles. The van der Waals surface area contributed by atoms with Gasteiger partial charge >= 0.3 is 0 Å². The molecular weight excluding hydrogens is 505 g/mol. The summed E-state index contributed by atoms with van der Waals surface area (Å²) in [5.74, 6) is -0.419. The highest BCUT2D eigenvalue weighted by Crippen LogP contribution is 2.39. The molecule has 1 aliphatic heterocycles. The Morgan fingerprint density at radius 3 is 2.32 bits per heavy atom. The molecule has 0 radical (unpaired) electrons. The van der Waals surface area contributed by atoms with Gasteiger partial charge in [-0.2, -0.15) is 0 Å². The van der Waals surface area contributed by atoms with E-state index in [1.165, 1.54) is 12.1 Å². The van der Waals surface area contributed by atoms with Crippen molar-refractivity contribution >= 4 is 28.9 Å². The molecule has 2 atom stereocenters. The predicted octanol–water partition coefficient (Wildman–Crippen LogP) is 7.15. The standard InChI is InChI=1S/C31H29ClFNO4/c1-5-19(2)16-20(3)6-9-23-17-26-27(29(35)31(4,37)30(36)28(26)32)18-34(23)22-10-14-25(15-11-22)38-24-12-7-21(33)8-13-24/h6-19,37H,5H2,1-4H3/b9-6+,20-16+/t19-,31+/m0/s1. The fourth-order valence-electron chi connectivity index (χ4n) is 4.14. The first-order valence-corrected chi connectivity index (χ1v) is 12.7. The molecule has 0 bridgehead atoms. The van der Waals surface area contributed by atoms with Crippen LogP contribution in [0.4, 0.5) is 10.1 Å². The molecule has 0 saturated carbocycles. The molecule has 2 aliphatic rings. The molecule has 5 nitrogen and oxygen atoms in total. The van der Waals surface area contributed by atoms with E-state index < -0.39 is 17.2 Å². The van der Waals surface area contributed by atoms with Crippen LogP contribution in [-0.4, -0.2) is 22.3 Å². The molecule has 0 fully saturated rings. The minimum atomic E-state index is -2.23. The van der Waals surface area contributed by atoms with Gasteiger partial charge < -0.3 is 14.7 Å². The third kappa shape index (κ3) is 5.57. The summed E-state index contributed by atoms with van der Waals surface area (Å²) in [6.45, 7) is 7.44. The van der Waals surface area contributed by atoms with E-state index >= 15 is 0 Å². The Morgan fingerprint density at radius 1 is 1.11 bits per heavy atom. The number of rotatable bonds is 7. The van der Waals surface area contributed by atoms with Crippen LogP contribution in [0.1, 0.15) is 34.1 Å². The van der Waals surface area contributed by atoms with E-state index in [2.05, 4.69) is 19.9 Å². The lowest BCUT2D eigenvalue weighted by Gasteiger charge is -2.34. The van der Waals surface area contributed by atoms with Gasteiger partial charge in [0.1, 0.15) is 17.3 Å². The summed E-state index contributed by atoms with van der Waals surface area (Å²) < 4.78 is 19.0. The topological polar surface area (TPSA) is 66.8 Å². The first kappa shape index (κ1) is 27.3. The summed E-state index contributed by atoms with van der Waals surface area (Å²) in [7, 11) is 0. The third-order valence-corrected chi connectivity index (χ3v) is 6.93. The molecule has 0 saturated heterocycles. The number of nitrogens with zero attached hydrogens (tertiary/aromatic N) is 1. The number of halogens is 2. The molecule has 2 aromatic carbocycles. The van der Waals surface area contributed by atoms with Gasteiger partial charge in [-0.05, 0) is 80.4 Å². The third-order valence-electron chi connectivity index (χ3n) is 6.56. The number of hydrogen-bond acceptors (Lipinski definition) is 5. The molecule has 0 amide bonds. The average Bonchev–Trinajstić information content (AvgIpc) is 2.91. The number of carbonyl (C=O) groups is 2. The van der Waals surface area contributed by atoms with Crippen LogP contribution in [0.5, 0.6) is 11.5 Å². The van der Waals surface area contributed by atoms with Gasteiger partial charge in [-0.15, -0.1) is 0 Å². The zero-order chi connectivity index (χ0) is 27.6. The number of fused-ring (bicyclic) bond motifs is 1. The number of anilines is 1. The van der Waals surface area contributed by atoms with Gasteiger partial charge in [-0.3, -0.25) is 9.59 Å². The highest BCUT2D eigenvalue weighted by Gasteiger charge is 2.48. The summed E-state index contributed by atoms with van der Waals surface area (Å²) in [6, 6.07) is 12.9. The van der Waals surface area contributed by atoms with E-state index in [4.69, 9.17) is 16.3 Å². The molecule has 196 valence electrons. The average molecular weight is 534 g/mol. The quantitative estimate of drug-likeness (QED) is 0.302. The molecule has 1 N–H and O–H groups in total. The van der Waals surface area contributed by atoms with Crippen LogP contribution in [0.2, 0.25) is 0 Å². The molecule has 7 heteroatoms. The van der Waals surface area contributed by atoms with Crippen molar-refractivity contribution in [2.24, 2.45) is 5.92 Å². The maximum absolute atomic E-state index is 13.2. The molecule has 0 spiro atoms. The van der Waals surface area contributed by atoms with Gasteiger partial charge in [0, 0.05) is 28.7 Å². The number of benzene rings is 2. The molecule has 38 heavy (non-hydrogen) atoms. The summed E-state index contributed by atoms with van der Waals surface area (Å²) in [4.78, 5) is 27.5. The minimum absolute atomic E-state index is 0.148. The number of ether oxygens (including phenoxy) is 1. The van der Waals surface area contributed by atoms with E-state index in [9.17, 15) is 19.1 Å². The lowest BCUT2D eigenvalue weighted by Crippen LogP contribution is -2.49. The van der Waals surface area contributed by atoms with E-state index in [0.717, 1.165) is 18.9 Å². The normalized spacial score (nSPS) is 20.9. The zero-order valence-corrected chi connectivity index (χ0v) is 22.4. The van der Waals surface area contributed by atoms with Crippen LogP contribution in [0.3, 0.4) is 0 Å². The Morgan fingerprint density at radius 2 is 1.71 bits per heavy atom. The molecule has 4 rings (SSSR count). The van der Waals surface area contributed by atoms with Gasteiger partial charge in [0.25, 0.3) is 0 Å². The number of ketones is 2. The van der Waals surface area contributed by atoms with Crippen molar-refractivity contribution in [2.75, 3.05) is 4.90 Å². The summed E-state index contributed by atoms with van der Waals surface area (Å²) in [5, 5.41) is 10.4. The number of allylic oxidation sites excluding steroid dienone is 6. The van der Waals surface area contributed by atoms with Gasteiger partial charge in [-0.25, -0.2) is 4.39 Å². The van der Waals surface area contributed by atoms with E-state index in [1.54, 1.807) is 41.4 Å². The monoisotopic (exact) mass is 533 g/mol. The van der Waals surface area contributed by atoms with Crippen LogP contribution < -0.4 is 9.64 Å². The van der Waals surface area contributed by atoms with Gasteiger partial charge in [0.2, 0.25) is 11.6 Å².